The van der Waals surface area contributed by atoms with Crippen LogP contribution in [0.25, 0.3) is 0 Å². The number of imide groups is 1. The van der Waals surface area contributed by atoms with Gasteiger partial charge in [-0.3, -0.25) is 14.4 Å². The van der Waals surface area contributed by atoms with Gasteiger partial charge in [-0.25, -0.2) is 9.69 Å². The van der Waals surface area contributed by atoms with E-state index in [2.05, 4.69) is 10.6 Å². The zero-order valence-electron chi connectivity index (χ0n) is 19.9. The number of esters is 1. The average Bonchev–Trinajstić information content (AvgIpc) is 3.12. The third-order valence-corrected chi connectivity index (χ3v) is 6.59. The van der Waals surface area contributed by atoms with Crippen molar-refractivity contribution in [3.8, 4) is 0 Å². The topological polar surface area (TPSA) is 105 Å². The molecule has 1 heterocycles. The first-order valence-corrected chi connectivity index (χ1v) is 12.5. The Morgan fingerprint density at radius 2 is 1.66 bits per heavy atom. The van der Waals surface area contributed by atoms with Gasteiger partial charge in [0.25, 0.3) is 17.7 Å². The van der Waals surface area contributed by atoms with Crippen molar-refractivity contribution in [1.29, 1.82) is 0 Å². The summed E-state index contributed by atoms with van der Waals surface area (Å²) in [6, 6.07) is 17.1. The Kier molecular flexibility index (Phi) is 8.36. The van der Waals surface area contributed by atoms with E-state index in [1.54, 1.807) is 48.5 Å². The molecule has 0 unspecified atom stereocenters. The minimum atomic E-state index is -0.806. The number of hydrogen-bond acceptors (Lipinski definition) is 6. The van der Waals surface area contributed by atoms with Gasteiger partial charge in [0.05, 0.1) is 33.6 Å². The molecule has 38 heavy (non-hydrogen) atoms. The van der Waals surface area contributed by atoms with Crippen LogP contribution in [0.2, 0.25) is 10.0 Å². The number of nitrogens with zero attached hydrogens (tertiary/aromatic N) is 1. The number of amides is 3. The van der Waals surface area contributed by atoms with Crippen molar-refractivity contribution in [3.63, 3.8) is 0 Å². The molecule has 1 aliphatic heterocycles. The molecule has 8 nitrogen and oxygen atoms in total. The zero-order valence-corrected chi connectivity index (χ0v) is 22.2. The molecule has 0 saturated carbocycles. The van der Waals surface area contributed by atoms with Crippen molar-refractivity contribution in [1.82, 2.24) is 0 Å². The molecule has 0 fully saturated rings. The van der Waals surface area contributed by atoms with E-state index in [9.17, 15) is 19.2 Å². The number of nitrogens with one attached hydrogen (secondary N) is 2. The largest absolute Gasteiger partial charge is 0.462 e. The van der Waals surface area contributed by atoms with Crippen LogP contribution in [0.15, 0.2) is 77.5 Å². The average molecular weight is 573 g/mol. The second kappa shape index (κ2) is 11.7. The molecule has 2 N–H and O–H groups in total. The first-order valence-electron chi connectivity index (χ1n) is 11.4. The number of benzene rings is 3. The van der Waals surface area contributed by atoms with Gasteiger partial charge in [-0.05, 0) is 48.9 Å². The zero-order chi connectivity index (χ0) is 27.4. The van der Waals surface area contributed by atoms with Crippen molar-refractivity contribution >= 4 is 75.6 Å². The molecule has 194 valence electrons. The van der Waals surface area contributed by atoms with Crippen molar-refractivity contribution < 1.29 is 23.9 Å². The van der Waals surface area contributed by atoms with E-state index in [0.29, 0.717) is 17.8 Å². The third-order valence-electron chi connectivity index (χ3n) is 5.42. The molecule has 0 aromatic heterocycles. The molecule has 4 rings (SSSR count). The van der Waals surface area contributed by atoms with Crippen LogP contribution < -0.4 is 15.5 Å². The molecular formula is C27H20Cl3N3O5. The van der Waals surface area contributed by atoms with Gasteiger partial charge in [-0.2, -0.15) is 0 Å². The molecule has 1 aliphatic rings. The van der Waals surface area contributed by atoms with E-state index >= 15 is 0 Å². The van der Waals surface area contributed by atoms with Crippen molar-refractivity contribution in [2.24, 2.45) is 0 Å². The number of halogens is 3. The molecule has 3 aromatic rings. The lowest BCUT2D eigenvalue weighted by Crippen LogP contribution is -2.33. The molecule has 3 amide bonds. The summed E-state index contributed by atoms with van der Waals surface area (Å²) in [5.41, 5.74) is 0.777. The number of hydrogen-bond donors (Lipinski definition) is 2. The quantitative estimate of drug-likeness (QED) is 0.244. The highest BCUT2D eigenvalue weighted by Crippen LogP contribution is 2.33. The Morgan fingerprint density at radius 1 is 0.921 bits per heavy atom. The van der Waals surface area contributed by atoms with Gasteiger partial charge in [0.15, 0.2) is 0 Å². The van der Waals surface area contributed by atoms with Gasteiger partial charge in [0, 0.05) is 11.3 Å². The predicted octanol–water partition coefficient (Wildman–Crippen LogP) is 6.25. The predicted molar refractivity (Wildman–Crippen MR) is 147 cm³/mol. The van der Waals surface area contributed by atoms with E-state index in [1.165, 1.54) is 18.2 Å². The Morgan fingerprint density at radius 3 is 2.42 bits per heavy atom. The first-order chi connectivity index (χ1) is 18.2. The highest BCUT2D eigenvalue weighted by molar-refractivity contribution is 6.53. The summed E-state index contributed by atoms with van der Waals surface area (Å²) in [6.07, 6.45) is 0.611. The molecular weight excluding hydrogens is 553 g/mol. The van der Waals surface area contributed by atoms with Gasteiger partial charge < -0.3 is 15.4 Å². The van der Waals surface area contributed by atoms with Gasteiger partial charge in [-0.1, -0.05) is 66.0 Å². The molecule has 0 spiro atoms. The molecule has 11 heteroatoms. The lowest BCUT2D eigenvalue weighted by atomic mass is 10.1. The number of ether oxygens (including phenoxy) is 1. The Labute approximate surface area is 233 Å². The molecule has 3 aromatic carbocycles. The molecule has 0 aliphatic carbocycles. The SMILES string of the molecule is CCCOC(=O)c1ccccc1N1C(=O)C(Cl)=C(Nc2cccc(C(=O)Nc3cccc(Cl)c3Cl)c2)C1=O. The Hall–Kier alpha value is -3.85. The molecule has 0 radical (unpaired) electrons. The summed E-state index contributed by atoms with van der Waals surface area (Å²) in [5.74, 6) is -2.72. The summed E-state index contributed by atoms with van der Waals surface area (Å²) in [6.45, 7) is 2.04. The Balaban J connectivity index is 1.56. The number of rotatable bonds is 8. The minimum absolute atomic E-state index is 0.0464. The maximum absolute atomic E-state index is 13.3. The number of carbonyl (C=O) groups is 4. The maximum Gasteiger partial charge on any atom is 0.340 e. The second-order valence-corrected chi connectivity index (χ2v) is 9.21. The van der Waals surface area contributed by atoms with Crippen LogP contribution in [0.4, 0.5) is 17.1 Å². The summed E-state index contributed by atoms with van der Waals surface area (Å²) in [5, 5.41) is 5.62. The van der Waals surface area contributed by atoms with Crippen LogP contribution in [0.3, 0.4) is 0 Å². The molecule has 0 atom stereocenters. The maximum atomic E-state index is 13.3. The number of para-hydroxylation sites is 1. The fourth-order valence-electron chi connectivity index (χ4n) is 3.62. The van der Waals surface area contributed by atoms with Gasteiger partial charge in [-0.15, -0.1) is 0 Å². The summed E-state index contributed by atoms with van der Waals surface area (Å²) in [7, 11) is 0. The summed E-state index contributed by atoms with van der Waals surface area (Å²) in [4.78, 5) is 52.4. The normalized spacial score (nSPS) is 13.1. The van der Waals surface area contributed by atoms with Gasteiger partial charge >= 0.3 is 5.97 Å². The van der Waals surface area contributed by atoms with Crippen LogP contribution in [0.5, 0.6) is 0 Å². The third kappa shape index (κ3) is 5.52. The van der Waals surface area contributed by atoms with Crippen LogP contribution in [-0.2, 0) is 14.3 Å². The van der Waals surface area contributed by atoms with Crippen LogP contribution in [0.1, 0.15) is 34.1 Å². The van der Waals surface area contributed by atoms with Crippen molar-refractivity contribution in [2.75, 3.05) is 22.1 Å². The summed E-state index contributed by atoms with van der Waals surface area (Å²) < 4.78 is 5.19. The second-order valence-electron chi connectivity index (χ2n) is 8.05. The number of carbonyl (C=O) groups excluding carboxylic acids is 4. The fraction of sp³-hybridized carbons (Fsp3) is 0.111. The minimum Gasteiger partial charge on any atom is -0.462 e. The standard InChI is InChI=1S/C27H20Cl3N3O5/c1-2-13-38-27(37)17-9-3-4-12-20(17)33-25(35)22(30)23(26(33)36)31-16-8-5-7-15(14-16)24(34)32-19-11-6-10-18(28)21(19)29/h3-12,14,31H,2,13H2,1H3,(H,32,34). The lowest BCUT2D eigenvalue weighted by Gasteiger charge is -2.18. The van der Waals surface area contributed by atoms with E-state index in [1.807, 2.05) is 6.92 Å². The Bertz CT molecular complexity index is 1490. The fourth-order valence-corrected chi connectivity index (χ4v) is 4.18. The van der Waals surface area contributed by atoms with Crippen molar-refractivity contribution in [3.05, 3.63) is 98.6 Å². The highest BCUT2D eigenvalue weighted by atomic mass is 35.5. The van der Waals surface area contributed by atoms with E-state index in [4.69, 9.17) is 39.5 Å². The van der Waals surface area contributed by atoms with Crippen LogP contribution >= 0.6 is 34.8 Å². The van der Waals surface area contributed by atoms with Crippen LogP contribution in [0, 0.1) is 0 Å². The van der Waals surface area contributed by atoms with Gasteiger partial charge in [0.1, 0.15) is 10.7 Å². The van der Waals surface area contributed by atoms with E-state index < -0.39 is 23.7 Å². The number of anilines is 3. The molecule has 0 saturated heterocycles. The summed E-state index contributed by atoms with van der Waals surface area (Å²) >= 11 is 18.4. The lowest BCUT2D eigenvalue weighted by molar-refractivity contribution is -0.120. The van der Waals surface area contributed by atoms with Crippen molar-refractivity contribution in [2.45, 2.75) is 13.3 Å². The van der Waals surface area contributed by atoms with Gasteiger partial charge in [0.2, 0.25) is 0 Å². The van der Waals surface area contributed by atoms with Crippen LogP contribution in [-0.4, -0.2) is 30.3 Å². The smallest absolute Gasteiger partial charge is 0.340 e. The first kappa shape index (κ1) is 27.2. The monoisotopic (exact) mass is 571 g/mol. The highest BCUT2D eigenvalue weighted by Gasteiger charge is 2.40. The van der Waals surface area contributed by atoms with E-state index in [0.717, 1.165) is 4.90 Å². The van der Waals surface area contributed by atoms with E-state index in [-0.39, 0.29) is 44.2 Å². The molecule has 0 bridgehead atoms.